The normalized spacial score (nSPS) is 10.9. The van der Waals surface area contributed by atoms with Crippen LogP contribution in [0.15, 0.2) is 18.5 Å². The van der Waals surface area contributed by atoms with E-state index in [1.54, 1.807) is 45.0 Å². The average molecular weight is 391 g/mol. The van der Waals surface area contributed by atoms with Crippen LogP contribution >= 0.6 is 11.6 Å². The van der Waals surface area contributed by atoms with E-state index in [2.05, 4.69) is 15.1 Å². The van der Waals surface area contributed by atoms with Gasteiger partial charge in [0.25, 0.3) is 0 Å². The van der Waals surface area contributed by atoms with Gasteiger partial charge in [0, 0.05) is 18.5 Å². The van der Waals surface area contributed by atoms with Crippen molar-refractivity contribution in [3.63, 3.8) is 0 Å². The number of ether oxygens (including phenoxy) is 3. The Morgan fingerprint density at radius 2 is 2.04 bits per heavy atom. The smallest absolute Gasteiger partial charge is 0.341 e. The molecule has 0 aliphatic carbocycles. The summed E-state index contributed by atoms with van der Waals surface area (Å²) in [6, 6.07) is 1.72. The number of aromatic nitrogens is 4. The summed E-state index contributed by atoms with van der Waals surface area (Å²) in [4.78, 5) is 20.8. The average Bonchev–Trinajstić information content (AvgIpc) is 2.98. The number of aryl methyl sites for hydroxylation is 1. The molecule has 8 nitrogen and oxygen atoms in total. The Morgan fingerprint density at radius 1 is 1.26 bits per heavy atom. The standard InChI is InChI=1S/C18H19ClN4O4/c1-5-27-18(24)11-8-21-17-14(15(11)19)10(2)22-23(17)9-12-16(26-4)13(25-3)6-7-20-12/h6-8H,5,9H2,1-4H3. The van der Waals surface area contributed by atoms with Gasteiger partial charge in [-0.25, -0.2) is 14.5 Å². The fourth-order valence-corrected chi connectivity index (χ4v) is 3.19. The monoisotopic (exact) mass is 390 g/mol. The summed E-state index contributed by atoms with van der Waals surface area (Å²) >= 11 is 6.45. The molecule has 9 heteroatoms. The molecule has 3 aromatic heterocycles. The Hall–Kier alpha value is -2.87. The molecule has 0 atom stereocenters. The van der Waals surface area contributed by atoms with Crippen LogP contribution in [0.5, 0.6) is 11.5 Å². The van der Waals surface area contributed by atoms with E-state index in [1.165, 1.54) is 6.20 Å². The molecule has 0 radical (unpaired) electrons. The first kappa shape index (κ1) is 18.9. The predicted molar refractivity (Wildman–Crippen MR) is 99.7 cm³/mol. The molecule has 0 bridgehead atoms. The van der Waals surface area contributed by atoms with Crippen LogP contribution in [0.4, 0.5) is 0 Å². The molecular formula is C18H19ClN4O4. The van der Waals surface area contributed by atoms with Gasteiger partial charge in [0.2, 0.25) is 0 Å². The van der Waals surface area contributed by atoms with Crippen molar-refractivity contribution >= 4 is 28.6 Å². The molecule has 3 aromatic rings. The Bertz CT molecular complexity index is 1000. The number of fused-ring (bicyclic) bond motifs is 1. The minimum atomic E-state index is -0.514. The number of methoxy groups -OCH3 is 2. The van der Waals surface area contributed by atoms with Gasteiger partial charge in [-0.1, -0.05) is 11.6 Å². The van der Waals surface area contributed by atoms with Gasteiger partial charge in [-0.05, 0) is 13.8 Å². The summed E-state index contributed by atoms with van der Waals surface area (Å²) in [6.07, 6.45) is 3.03. The predicted octanol–water partition coefficient (Wildman–Crippen LogP) is 3.03. The van der Waals surface area contributed by atoms with Crippen LogP contribution in [-0.4, -0.2) is 46.5 Å². The summed E-state index contributed by atoms with van der Waals surface area (Å²) < 4.78 is 17.4. The molecule has 0 saturated heterocycles. The minimum Gasteiger partial charge on any atom is -0.493 e. The van der Waals surface area contributed by atoms with Gasteiger partial charge in [0.1, 0.15) is 5.69 Å². The summed E-state index contributed by atoms with van der Waals surface area (Å²) in [7, 11) is 3.11. The van der Waals surface area contributed by atoms with Gasteiger partial charge < -0.3 is 14.2 Å². The van der Waals surface area contributed by atoms with Crippen LogP contribution in [0, 0.1) is 6.92 Å². The van der Waals surface area contributed by atoms with Crippen LogP contribution in [-0.2, 0) is 11.3 Å². The third-order valence-corrected chi connectivity index (χ3v) is 4.43. The van der Waals surface area contributed by atoms with E-state index in [1.807, 2.05) is 0 Å². The maximum atomic E-state index is 12.1. The number of esters is 1. The second kappa shape index (κ2) is 7.79. The van der Waals surface area contributed by atoms with E-state index in [9.17, 15) is 4.79 Å². The lowest BCUT2D eigenvalue weighted by Gasteiger charge is -2.12. The molecule has 3 rings (SSSR count). The number of carbonyl (C=O) groups is 1. The Kier molecular flexibility index (Phi) is 5.46. The first-order valence-electron chi connectivity index (χ1n) is 8.26. The molecule has 0 fully saturated rings. The number of rotatable bonds is 6. The van der Waals surface area contributed by atoms with E-state index in [0.717, 1.165) is 0 Å². The summed E-state index contributed by atoms with van der Waals surface area (Å²) in [6.45, 7) is 4.09. The molecule has 0 N–H and O–H groups in total. The number of nitrogens with zero attached hydrogens (tertiary/aromatic N) is 4. The molecule has 0 aliphatic heterocycles. The summed E-state index contributed by atoms with van der Waals surface area (Å²) in [5, 5.41) is 5.38. The Morgan fingerprint density at radius 3 is 2.70 bits per heavy atom. The molecule has 0 aromatic carbocycles. The van der Waals surface area contributed by atoms with Gasteiger partial charge in [-0.2, -0.15) is 5.10 Å². The summed E-state index contributed by atoms with van der Waals surface area (Å²) in [5.41, 5.74) is 2.03. The zero-order chi connectivity index (χ0) is 19.6. The largest absolute Gasteiger partial charge is 0.493 e. The number of hydrogen-bond donors (Lipinski definition) is 0. The third kappa shape index (κ3) is 3.40. The van der Waals surface area contributed by atoms with E-state index < -0.39 is 5.97 Å². The van der Waals surface area contributed by atoms with Gasteiger partial charge in [0.15, 0.2) is 17.1 Å². The minimum absolute atomic E-state index is 0.214. The highest BCUT2D eigenvalue weighted by molar-refractivity contribution is 6.38. The highest BCUT2D eigenvalue weighted by Gasteiger charge is 2.21. The lowest BCUT2D eigenvalue weighted by molar-refractivity contribution is 0.0526. The molecule has 0 unspecified atom stereocenters. The molecule has 0 saturated carbocycles. The zero-order valence-electron chi connectivity index (χ0n) is 15.4. The molecule has 0 spiro atoms. The number of carbonyl (C=O) groups excluding carboxylic acids is 1. The van der Waals surface area contributed by atoms with Crippen molar-refractivity contribution in [2.75, 3.05) is 20.8 Å². The molecule has 3 heterocycles. The lowest BCUT2D eigenvalue weighted by atomic mass is 10.2. The number of pyridine rings is 2. The van der Waals surface area contributed by atoms with Gasteiger partial charge in [-0.3, -0.25) is 4.98 Å². The van der Waals surface area contributed by atoms with Crippen LogP contribution in [0.25, 0.3) is 11.0 Å². The highest BCUT2D eigenvalue weighted by atomic mass is 35.5. The van der Waals surface area contributed by atoms with Crippen LogP contribution in [0.3, 0.4) is 0 Å². The van der Waals surface area contributed by atoms with Gasteiger partial charge in [0.05, 0.1) is 49.0 Å². The van der Waals surface area contributed by atoms with Crippen molar-refractivity contribution in [3.8, 4) is 11.5 Å². The van der Waals surface area contributed by atoms with Crippen molar-refractivity contribution in [2.45, 2.75) is 20.4 Å². The first-order chi connectivity index (χ1) is 13.0. The Labute approximate surface area is 161 Å². The fourth-order valence-electron chi connectivity index (χ4n) is 2.84. The maximum absolute atomic E-state index is 12.1. The SMILES string of the molecule is CCOC(=O)c1cnc2c(c(C)nn2Cc2nccc(OC)c2OC)c1Cl. The van der Waals surface area contributed by atoms with E-state index >= 15 is 0 Å². The second-order valence-corrected chi connectivity index (χ2v) is 6.02. The van der Waals surface area contributed by atoms with Crippen molar-refractivity contribution in [1.82, 2.24) is 19.7 Å². The topological polar surface area (TPSA) is 88.4 Å². The molecule has 142 valence electrons. The quantitative estimate of drug-likeness (QED) is 0.597. The zero-order valence-corrected chi connectivity index (χ0v) is 16.2. The van der Waals surface area contributed by atoms with Crippen LogP contribution in [0.2, 0.25) is 5.02 Å². The highest BCUT2D eigenvalue weighted by Crippen LogP contribution is 2.32. The maximum Gasteiger partial charge on any atom is 0.341 e. The Balaban J connectivity index is 2.08. The van der Waals surface area contributed by atoms with E-state index in [-0.39, 0.29) is 17.2 Å². The van der Waals surface area contributed by atoms with Crippen LogP contribution in [0.1, 0.15) is 28.7 Å². The van der Waals surface area contributed by atoms with Crippen molar-refractivity contribution in [2.24, 2.45) is 0 Å². The first-order valence-corrected chi connectivity index (χ1v) is 8.64. The lowest BCUT2D eigenvalue weighted by Crippen LogP contribution is -2.09. The van der Waals surface area contributed by atoms with Crippen molar-refractivity contribution in [3.05, 3.63) is 40.4 Å². The summed E-state index contributed by atoms with van der Waals surface area (Å²) in [5.74, 6) is 0.585. The van der Waals surface area contributed by atoms with Crippen molar-refractivity contribution < 1.29 is 19.0 Å². The van der Waals surface area contributed by atoms with Gasteiger partial charge in [-0.15, -0.1) is 0 Å². The fraction of sp³-hybridized carbons (Fsp3) is 0.333. The van der Waals surface area contributed by atoms with Crippen LogP contribution < -0.4 is 9.47 Å². The third-order valence-electron chi connectivity index (χ3n) is 4.03. The number of halogens is 1. The number of hydrogen-bond acceptors (Lipinski definition) is 7. The molecular weight excluding hydrogens is 372 g/mol. The molecule has 0 amide bonds. The molecule has 27 heavy (non-hydrogen) atoms. The van der Waals surface area contributed by atoms with Gasteiger partial charge >= 0.3 is 5.97 Å². The molecule has 0 aliphatic rings. The van der Waals surface area contributed by atoms with E-state index in [0.29, 0.717) is 40.5 Å². The van der Waals surface area contributed by atoms with E-state index in [4.69, 9.17) is 25.8 Å². The van der Waals surface area contributed by atoms with Crippen molar-refractivity contribution in [1.29, 1.82) is 0 Å². The second-order valence-electron chi connectivity index (χ2n) is 5.64.